The van der Waals surface area contributed by atoms with Gasteiger partial charge in [-0.2, -0.15) is 0 Å². The van der Waals surface area contributed by atoms with Crippen LogP contribution in [0, 0.1) is 0 Å². The van der Waals surface area contributed by atoms with Gasteiger partial charge in [0.15, 0.2) is 5.11 Å². The third-order valence-corrected chi connectivity index (χ3v) is 5.89. The van der Waals surface area contributed by atoms with E-state index in [1.807, 2.05) is 31.2 Å². The summed E-state index contributed by atoms with van der Waals surface area (Å²) in [4.78, 5) is 2.66. The van der Waals surface area contributed by atoms with Gasteiger partial charge in [-0.15, -0.1) is 0 Å². The quantitative estimate of drug-likeness (QED) is 0.416. The van der Waals surface area contributed by atoms with Gasteiger partial charge in [-0.25, -0.2) is 0 Å². The van der Waals surface area contributed by atoms with Crippen LogP contribution in [0.4, 0.5) is 0 Å². The van der Waals surface area contributed by atoms with E-state index in [-0.39, 0.29) is 0 Å². The highest BCUT2D eigenvalue weighted by Crippen LogP contribution is 2.26. The molecule has 3 atom stereocenters. The standard InChI is InChI=1S/C24H34ClN3S/c1-4-6-8-13-21(25)17-26-24(29)27-22-14-15-23(5-2)28(19(3)16-22)18-20-11-9-7-10-12-20/h4,6-13,17,19,22-23H,5,14-16,18H2,1-3H3,(H2,26,27,29)/b6-4-,13-8-,21-17-. The van der Waals surface area contributed by atoms with Crippen molar-refractivity contribution in [3.05, 3.63) is 71.4 Å². The molecule has 2 rings (SSSR count). The molecule has 3 unspecified atom stereocenters. The van der Waals surface area contributed by atoms with Gasteiger partial charge in [0, 0.05) is 30.9 Å². The van der Waals surface area contributed by atoms with Crippen molar-refractivity contribution in [2.75, 3.05) is 0 Å². The zero-order chi connectivity index (χ0) is 21.1. The molecule has 0 bridgehead atoms. The van der Waals surface area contributed by atoms with E-state index >= 15 is 0 Å². The van der Waals surface area contributed by atoms with Crippen LogP contribution in [0.2, 0.25) is 0 Å². The van der Waals surface area contributed by atoms with Crippen molar-refractivity contribution in [1.29, 1.82) is 0 Å². The molecule has 0 aliphatic carbocycles. The van der Waals surface area contributed by atoms with Crippen LogP contribution in [0.3, 0.4) is 0 Å². The van der Waals surface area contributed by atoms with Gasteiger partial charge in [-0.05, 0) is 63.4 Å². The first-order chi connectivity index (χ1) is 14.0. The molecule has 0 spiro atoms. The summed E-state index contributed by atoms with van der Waals surface area (Å²) >= 11 is 11.7. The molecule has 1 aromatic rings. The van der Waals surface area contributed by atoms with Crippen LogP contribution in [0.1, 0.15) is 52.0 Å². The lowest BCUT2D eigenvalue weighted by molar-refractivity contribution is 0.131. The van der Waals surface area contributed by atoms with Crippen LogP contribution in [-0.4, -0.2) is 28.1 Å². The molecule has 0 radical (unpaired) electrons. The fourth-order valence-corrected chi connectivity index (χ4v) is 4.25. The molecule has 158 valence electrons. The average molecular weight is 432 g/mol. The lowest BCUT2D eigenvalue weighted by Gasteiger charge is -2.34. The Hall–Kier alpha value is -1.62. The van der Waals surface area contributed by atoms with Crippen molar-refractivity contribution in [1.82, 2.24) is 15.5 Å². The van der Waals surface area contributed by atoms with E-state index in [4.69, 9.17) is 23.8 Å². The lowest BCUT2D eigenvalue weighted by atomic mass is 10.0. The maximum absolute atomic E-state index is 6.17. The number of benzene rings is 1. The summed E-state index contributed by atoms with van der Waals surface area (Å²) in [6, 6.07) is 12.2. The second kappa shape index (κ2) is 12.8. The van der Waals surface area contributed by atoms with Crippen LogP contribution >= 0.6 is 23.8 Å². The zero-order valence-corrected chi connectivity index (χ0v) is 19.3. The molecule has 1 aliphatic heterocycles. The Morgan fingerprint density at radius 1 is 1.24 bits per heavy atom. The Kier molecular flexibility index (Phi) is 10.5. The molecule has 1 aliphatic rings. The van der Waals surface area contributed by atoms with E-state index in [1.165, 1.54) is 18.4 Å². The molecule has 29 heavy (non-hydrogen) atoms. The number of halogens is 1. The van der Waals surface area contributed by atoms with Gasteiger partial charge >= 0.3 is 0 Å². The highest BCUT2D eigenvalue weighted by molar-refractivity contribution is 7.80. The van der Waals surface area contributed by atoms with Crippen LogP contribution < -0.4 is 10.6 Å². The summed E-state index contributed by atoms with van der Waals surface area (Å²) in [6.45, 7) is 7.61. The van der Waals surface area contributed by atoms with Crippen LogP contribution in [0.5, 0.6) is 0 Å². The van der Waals surface area contributed by atoms with Crippen molar-refractivity contribution in [2.24, 2.45) is 0 Å². The zero-order valence-electron chi connectivity index (χ0n) is 17.8. The normalized spacial score (nSPS) is 24.0. The van der Waals surface area contributed by atoms with Gasteiger partial charge in [0.2, 0.25) is 0 Å². The number of hydrogen-bond acceptors (Lipinski definition) is 2. The van der Waals surface area contributed by atoms with Crippen molar-refractivity contribution < 1.29 is 0 Å². The van der Waals surface area contributed by atoms with Gasteiger partial charge in [-0.1, -0.05) is 67.1 Å². The van der Waals surface area contributed by atoms with Gasteiger partial charge in [0.1, 0.15) is 0 Å². The lowest BCUT2D eigenvalue weighted by Crippen LogP contribution is -2.43. The molecule has 5 heteroatoms. The summed E-state index contributed by atoms with van der Waals surface area (Å²) in [5, 5.41) is 7.84. The first-order valence-electron chi connectivity index (χ1n) is 10.5. The molecule has 0 aromatic heterocycles. The Labute approximate surface area is 186 Å². The monoisotopic (exact) mass is 431 g/mol. The molecule has 0 saturated carbocycles. The molecule has 2 N–H and O–H groups in total. The number of thiocarbonyl (C=S) groups is 1. The fraction of sp³-hybridized carbons (Fsp3) is 0.458. The predicted octanol–water partition coefficient (Wildman–Crippen LogP) is 5.88. The van der Waals surface area contributed by atoms with Gasteiger partial charge in [0.25, 0.3) is 0 Å². The van der Waals surface area contributed by atoms with E-state index in [9.17, 15) is 0 Å². The SMILES string of the molecule is C\C=C/C=C\C(Cl)=C\NC(=S)NC1CCC(CC)N(Cc2ccccc2)C(C)C1. The topological polar surface area (TPSA) is 27.3 Å². The van der Waals surface area contributed by atoms with Crippen molar-refractivity contribution in [3.8, 4) is 0 Å². The fourth-order valence-electron chi connectivity index (χ4n) is 3.90. The largest absolute Gasteiger partial charge is 0.360 e. The third-order valence-electron chi connectivity index (χ3n) is 5.42. The summed E-state index contributed by atoms with van der Waals surface area (Å²) in [7, 11) is 0. The highest BCUT2D eigenvalue weighted by Gasteiger charge is 2.29. The minimum absolute atomic E-state index is 0.366. The number of rotatable bonds is 7. The van der Waals surface area contributed by atoms with E-state index in [0.717, 1.165) is 19.4 Å². The number of hydrogen-bond donors (Lipinski definition) is 2. The molecular formula is C24H34ClN3S. The van der Waals surface area contributed by atoms with Crippen molar-refractivity contribution >= 4 is 28.9 Å². The summed E-state index contributed by atoms with van der Waals surface area (Å²) in [6.07, 6.45) is 13.9. The van der Waals surface area contributed by atoms with Gasteiger partial charge in [0.05, 0.1) is 5.03 Å². The summed E-state index contributed by atoms with van der Waals surface area (Å²) < 4.78 is 0. The first-order valence-corrected chi connectivity index (χ1v) is 11.3. The Balaban J connectivity index is 1.93. The smallest absolute Gasteiger partial charge is 0.170 e. The van der Waals surface area contributed by atoms with Crippen LogP contribution in [-0.2, 0) is 6.54 Å². The number of likely N-dealkylation sites (tertiary alicyclic amines) is 1. The molecule has 0 amide bonds. The van der Waals surface area contributed by atoms with Crippen LogP contribution in [0.25, 0.3) is 0 Å². The second-order valence-electron chi connectivity index (χ2n) is 7.61. The van der Waals surface area contributed by atoms with E-state index < -0.39 is 0 Å². The van der Waals surface area contributed by atoms with Crippen molar-refractivity contribution in [3.63, 3.8) is 0 Å². The second-order valence-corrected chi connectivity index (χ2v) is 8.46. The Morgan fingerprint density at radius 2 is 2.00 bits per heavy atom. The van der Waals surface area contributed by atoms with Crippen LogP contribution in [0.15, 0.2) is 65.9 Å². The van der Waals surface area contributed by atoms with E-state index in [1.54, 1.807) is 6.20 Å². The number of nitrogens with zero attached hydrogens (tertiary/aromatic N) is 1. The summed E-state index contributed by atoms with van der Waals surface area (Å²) in [5.41, 5.74) is 1.38. The molecule has 3 nitrogen and oxygen atoms in total. The molecule has 1 heterocycles. The minimum Gasteiger partial charge on any atom is -0.360 e. The number of nitrogens with one attached hydrogen (secondary N) is 2. The first kappa shape index (κ1) is 23.7. The third kappa shape index (κ3) is 8.33. The van der Waals surface area contributed by atoms with Crippen molar-refractivity contribution in [2.45, 2.75) is 71.1 Å². The Morgan fingerprint density at radius 3 is 2.69 bits per heavy atom. The minimum atomic E-state index is 0.366. The predicted molar refractivity (Wildman–Crippen MR) is 130 cm³/mol. The van der Waals surface area contributed by atoms with E-state index in [2.05, 4.69) is 59.7 Å². The average Bonchev–Trinajstić information content (AvgIpc) is 2.86. The molecule has 1 saturated heterocycles. The molecule has 1 fully saturated rings. The summed E-state index contributed by atoms with van der Waals surface area (Å²) in [5.74, 6) is 0. The van der Waals surface area contributed by atoms with Gasteiger partial charge in [-0.3, -0.25) is 4.90 Å². The molecular weight excluding hydrogens is 398 g/mol. The Bertz CT molecular complexity index is 714. The van der Waals surface area contributed by atoms with Gasteiger partial charge < -0.3 is 10.6 Å². The maximum Gasteiger partial charge on any atom is 0.170 e. The maximum atomic E-state index is 6.17. The van der Waals surface area contributed by atoms with E-state index in [0.29, 0.717) is 28.3 Å². The highest BCUT2D eigenvalue weighted by atomic mass is 35.5. The molecule has 1 aromatic carbocycles. The number of allylic oxidation sites excluding steroid dienone is 5.